The van der Waals surface area contributed by atoms with E-state index in [1.807, 2.05) is 0 Å². The molecule has 0 saturated heterocycles. The van der Waals surface area contributed by atoms with Crippen LogP contribution in [0.15, 0.2) is 36.4 Å². The lowest BCUT2D eigenvalue weighted by molar-refractivity contribution is -0.384. The number of hydrogen-bond acceptors (Lipinski definition) is 6. The van der Waals surface area contributed by atoms with Crippen LogP contribution in [0.4, 0.5) is 11.4 Å². The van der Waals surface area contributed by atoms with E-state index in [2.05, 4.69) is 5.32 Å². The fourth-order valence-electron chi connectivity index (χ4n) is 2.27. The van der Waals surface area contributed by atoms with Crippen molar-refractivity contribution >= 4 is 17.3 Å². The molecule has 0 fully saturated rings. The molecule has 25 heavy (non-hydrogen) atoms. The maximum Gasteiger partial charge on any atom is 0.271 e. The topological polar surface area (TPSA) is 99.9 Å². The van der Waals surface area contributed by atoms with Crippen LogP contribution in [0.2, 0.25) is 0 Å². The van der Waals surface area contributed by atoms with Crippen molar-refractivity contribution in [1.82, 2.24) is 0 Å². The summed E-state index contributed by atoms with van der Waals surface area (Å²) >= 11 is 0. The highest BCUT2D eigenvalue weighted by molar-refractivity contribution is 5.94. The Hall–Kier alpha value is -3.29. The number of benzene rings is 2. The summed E-state index contributed by atoms with van der Waals surface area (Å²) in [5.74, 6) is 1.10. The Bertz CT molecular complexity index is 791. The van der Waals surface area contributed by atoms with Crippen LogP contribution in [-0.2, 0) is 11.2 Å². The van der Waals surface area contributed by atoms with Gasteiger partial charge in [-0.2, -0.15) is 0 Å². The first-order valence-electron chi connectivity index (χ1n) is 7.31. The molecule has 0 aliphatic rings. The van der Waals surface area contributed by atoms with Crippen molar-refractivity contribution in [2.45, 2.75) is 6.42 Å². The third-order valence-electron chi connectivity index (χ3n) is 3.51. The number of amides is 1. The highest BCUT2D eigenvalue weighted by atomic mass is 16.6. The van der Waals surface area contributed by atoms with Crippen LogP contribution in [0.25, 0.3) is 0 Å². The highest BCUT2D eigenvalue weighted by Crippen LogP contribution is 2.30. The van der Waals surface area contributed by atoms with E-state index in [0.29, 0.717) is 22.8 Å². The molecule has 0 spiro atoms. The van der Waals surface area contributed by atoms with Crippen molar-refractivity contribution in [3.63, 3.8) is 0 Å². The summed E-state index contributed by atoms with van der Waals surface area (Å²) in [4.78, 5) is 22.7. The monoisotopic (exact) mass is 346 g/mol. The third kappa shape index (κ3) is 4.37. The summed E-state index contributed by atoms with van der Waals surface area (Å²) < 4.78 is 15.5. The summed E-state index contributed by atoms with van der Waals surface area (Å²) in [6.07, 6.45) is 0.0268. The van der Waals surface area contributed by atoms with Gasteiger partial charge in [0.25, 0.3) is 5.69 Å². The van der Waals surface area contributed by atoms with Crippen LogP contribution in [0.5, 0.6) is 17.2 Å². The minimum Gasteiger partial charge on any atom is -0.497 e. The van der Waals surface area contributed by atoms with Gasteiger partial charge in [0.1, 0.15) is 17.2 Å². The highest BCUT2D eigenvalue weighted by Gasteiger charge is 2.15. The second-order valence-electron chi connectivity index (χ2n) is 5.04. The van der Waals surface area contributed by atoms with Crippen LogP contribution in [-0.4, -0.2) is 32.2 Å². The summed E-state index contributed by atoms with van der Waals surface area (Å²) in [5.41, 5.74) is 0.748. The number of rotatable bonds is 7. The van der Waals surface area contributed by atoms with E-state index >= 15 is 0 Å². The maximum absolute atomic E-state index is 12.3. The van der Waals surface area contributed by atoms with Gasteiger partial charge >= 0.3 is 0 Å². The van der Waals surface area contributed by atoms with Crippen molar-refractivity contribution in [2.24, 2.45) is 0 Å². The largest absolute Gasteiger partial charge is 0.497 e. The second kappa shape index (κ2) is 8.00. The van der Waals surface area contributed by atoms with Gasteiger partial charge in [-0.25, -0.2) is 0 Å². The smallest absolute Gasteiger partial charge is 0.271 e. The van der Waals surface area contributed by atoms with Gasteiger partial charge in [0.2, 0.25) is 5.91 Å². The van der Waals surface area contributed by atoms with Crippen molar-refractivity contribution < 1.29 is 23.9 Å². The second-order valence-corrected chi connectivity index (χ2v) is 5.04. The zero-order chi connectivity index (χ0) is 18.4. The van der Waals surface area contributed by atoms with E-state index in [9.17, 15) is 14.9 Å². The lowest BCUT2D eigenvalue weighted by Gasteiger charge is -2.12. The predicted molar refractivity (Wildman–Crippen MR) is 91.5 cm³/mol. The van der Waals surface area contributed by atoms with E-state index in [1.54, 1.807) is 18.2 Å². The number of hydrogen-bond donors (Lipinski definition) is 1. The minimum atomic E-state index is -0.540. The molecule has 0 heterocycles. The molecule has 132 valence electrons. The number of nitrogens with one attached hydrogen (secondary N) is 1. The van der Waals surface area contributed by atoms with Crippen LogP contribution < -0.4 is 19.5 Å². The Morgan fingerprint density at radius 3 is 2.36 bits per heavy atom. The molecule has 2 aromatic carbocycles. The number of ether oxygens (including phenoxy) is 3. The molecule has 1 N–H and O–H groups in total. The molecular formula is C17H18N2O6. The Balaban J connectivity index is 2.20. The molecule has 0 aromatic heterocycles. The summed E-state index contributed by atoms with van der Waals surface area (Å²) in [5, 5.41) is 13.5. The van der Waals surface area contributed by atoms with Crippen molar-refractivity contribution in [3.05, 3.63) is 52.1 Å². The molecule has 2 aromatic rings. The van der Waals surface area contributed by atoms with Crippen LogP contribution in [0, 0.1) is 10.1 Å². The molecule has 0 aliphatic heterocycles. The average molecular weight is 346 g/mol. The van der Waals surface area contributed by atoms with E-state index < -0.39 is 4.92 Å². The number of carbonyl (C=O) groups is 1. The van der Waals surface area contributed by atoms with E-state index in [1.165, 1.54) is 39.5 Å². The molecule has 1 amide bonds. The number of non-ortho nitro benzene ring substituents is 1. The molecule has 0 aliphatic carbocycles. The van der Waals surface area contributed by atoms with Crippen molar-refractivity contribution in [3.8, 4) is 17.2 Å². The molecule has 0 atom stereocenters. The number of carbonyl (C=O) groups excluding carboxylic acids is 1. The van der Waals surface area contributed by atoms with Crippen molar-refractivity contribution in [2.75, 3.05) is 26.6 Å². The lowest BCUT2D eigenvalue weighted by atomic mass is 10.1. The van der Waals surface area contributed by atoms with Gasteiger partial charge in [0, 0.05) is 23.8 Å². The molecule has 0 unspecified atom stereocenters. The van der Waals surface area contributed by atoms with Gasteiger partial charge in [-0.3, -0.25) is 14.9 Å². The minimum absolute atomic E-state index is 0.0268. The Labute approximate surface area is 144 Å². The molecule has 2 rings (SSSR count). The summed E-state index contributed by atoms with van der Waals surface area (Å²) in [7, 11) is 4.46. The first kappa shape index (κ1) is 18.1. The van der Waals surface area contributed by atoms with Crippen LogP contribution in [0.1, 0.15) is 5.56 Å². The number of anilines is 1. The molecule has 0 saturated carbocycles. The quantitative estimate of drug-likeness (QED) is 0.611. The zero-order valence-electron chi connectivity index (χ0n) is 14.1. The van der Waals surface area contributed by atoms with Gasteiger partial charge in [-0.15, -0.1) is 0 Å². The molecule has 0 radical (unpaired) electrons. The maximum atomic E-state index is 12.3. The predicted octanol–water partition coefficient (Wildman–Crippen LogP) is 2.80. The fourth-order valence-corrected chi connectivity index (χ4v) is 2.27. The SMILES string of the molecule is COc1ccc(CC(=O)Nc2cc([N+](=O)[O-])ccc2OC)c(OC)c1. The van der Waals surface area contributed by atoms with Crippen LogP contribution in [0.3, 0.4) is 0 Å². The summed E-state index contributed by atoms with van der Waals surface area (Å²) in [6, 6.07) is 9.11. The molecule has 8 nitrogen and oxygen atoms in total. The van der Waals surface area contributed by atoms with Gasteiger partial charge in [-0.1, -0.05) is 6.07 Å². The number of nitro groups is 1. The molecule has 0 bridgehead atoms. The standard InChI is InChI=1S/C17H18N2O6/c1-23-13-6-4-11(16(10-13)25-3)8-17(20)18-14-9-12(19(21)22)5-7-15(14)24-2/h4-7,9-10H,8H2,1-3H3,(H,18,20). The first-order valence-corrected chi connectivity index (χ1v) is 7.31. The Morgan fingerprint density at radius 1 is 1.04 bits per heavy atom. The zero-order valence-corrected chi connectivity index (χ0v) is 14.1. The van der Waals surface area contributed by atoms with Gasteiger partial charge in [0.05, 0.1) is 38.4 Å². The van der Waals surface area contributed by atoms with Crippen LogP contribution >= 0.6 is 0 Å². The van der Waals surface area contributed by atoms with E-state index in [4.69, 9.17) is 14.2 Å². The number of methoxy groups -OCH3 is 3. The number of nitro benzene ring substituents is 1. The van der Waals surface area contributed by atoms with Crippen molar-refractivity contribution in [1.29, 1.82) is 0 Å². The van der Waals surface area contributed by atoms with Gasteiger partial charge in [0.15, 0.2) is 0 Å². The summed E-state index contributed by atoms with van der Waals surface area (Å²) in [6.45, 7) is 0. The molecular weight excluding hydrogens is 328 g/mol. The number of nitrogens with zero attached hydrogens (tertiary/aromatic N) is 1. The molecule has 8 heteroatoms. The van der Waals surface area contributed by atoms with Gasteiger partial charge < -0.3 is 19.5 Å². The van der Waals surface area contributed by atoms with E-state index in [-0.39, 0.29) is 23.7 Å². The lowest BCUT2D eigenvalue weighted by Crippen LogP contribution is -2.15. The third-order valence-corrected chi connectivity index (χ3v) is 3.51. The van der Waals surface area contributed by atoms with Gasteiger partial charge in [-0.05, 0) is 12.1 Å². The average Bonchev–Trinajstić information content (AvgIpc) is 2.61. The Morgan fingerprint density at radius 2 is 1.76 bits per heavy atom. The van der Waals surface area contributed by atoms with E-state index in [0.717, 1.165) is 0 Å². The first-order chi connectivity index (χ1) is 12.0. The fraction of sp³-hybridized carbons (Fsp3) is 0.235. The Kier molecular flexibility index (Phi) is 5.78. The normalized spacial score (nSPS) is 10.0.